The van der Waals surface area contributed by atoms with Crippen molar-refractivity contribution in [3.63, 3.8) is 0 Å². The molecule has 0 saturated carbocycles. The molecule has 0 bridgehead atoms. The summed E-state index contributed by atoms with van der Waals surface area (Å²) in [4.78, 5) is 50.2. The Morgan fingerprint density at radius 2 is 1.80 bits per heavy atom. The Morgan fingerprint density at radius 1 is 1.20 bits per heavy atom. The molecule has 6 atom stereocenters. The minimum atomic E-state index is -5.80. The minimum Gasteiger partial charge on any atom is -0.387 e. The molecule has 17 nitrogen and oxygen atoms in total. The predicted octanol–water partition coefficient (Wildman–Crippen LogP) is -2.13. The number of anilines is 1. The zero-order chi connectivity index (χ0) is 23.1. The molecule has 1 aromatic rings. The van der Waals surface area contributed by atoms with Gasteiger partial charge < -0.3 is 40.3 Å². The lowest BCUT2D eigenvalue weighted by Crippen LogP contribution is -2.47. The first-order valence-electron chi connectivity index (χ1n) is 7.33. The Labute approximate surface area is 164 Å². The molecular weight excluding hydrogens is 486 g/mol. The first kappa shape index (κ1) is 25.2. The zero-order valence-corrected chi connectivity index (χ0v) is 16.9. The highest BCUT2D eigenvalue weighted by molar-refractivity contribution is 7.66. The molecule has 1 fully saturated rings. The average Bonchev–Trinajstić information content (AvgIpc) is 2.74. The number of rotatable bonds is 8. The predicted molar refractivity (Wildman–Crippen MR) is 88.7 cm³/mol. The van der Waals surface area contributed by atoms with Crippen LogP contribution in [0.3, 0.4) is 0 Å². The molecule has 1 saturated heterocycles. The Kier molecular flexibility index (Phi) is 7.08. The third-order valence-electron chi connectivity index (χ3n) is 3.36. The molecule has 2 unspecified atom stereocenters. The fourth-order valence-corrected chi connectivity index (χ4v) is 5.25. The van der Waals surface area contributed by atoms with Crippen LogP contribution in [0.2, 0.25) is 0 Å². The van der Waals surface area contributed by atoms with Crippen LogP contribution in [0.1, 0.15) is 0 Å². The number of aromatic nitrogens is 2. The molecular formula is C9H15FN3O14P3. The van der Waals surface area contributed by atoms with Crippen LogP contribution in [-0.2, 0) is 37.6 Å². The minimum absolute atomic E-state index is 0.127. The van der Waals surface area contributed by atoms with Crippen molar-refractivity contribution in [3.8, 4) is 0 Å². The van der Waals surface area contributed by atoms with Crippen LogP contribution in [0.25, 0.3) is 0 Å². The number of nitrogens with zero attached hydrogens (tertiary/aromatic N) is 2. The second-order valence-electron chi connectivity index (χ2n) is 5.59. The second-order valence-corrected chi connectivity index (χ2v) is 10.0. The topological polar surface area (TPSA) is 270 Å². The molecule has 0 aromatic carbocycles. The van der Waals surface area contributed by atoms with E-state index in [4.69, 9.17) is 25.2 Å². The quantitative estimate of drug-likeness (QED) is 0.187. The number of aliphatic hydroxyl groups excluding tert-OH is 2. The summed E-state index contributed by atoms with van der Waals surface area (Å²) < 4.78 is 64.4. The van der Waals surface area contributed by atoms with Crippen LogP contribution < -0.4 is 11.4 Å². The lowest BCUT2D eigenvalue weighted by Gasteiger charge is -2.24. The fraction of sp³-hybridized carbons (Fsp3) is 0.556. The molecule has 8 N–H and O–H groups in total. The van der Waals surface area contributed by atoms with E-state index >= 15 is 4.39 Å². The number of nitrogen functional groups attached to an aromatic ring is 1. The Bertz CT molecular complexity index is 998. The van der Waals surface area contributed by atoms with E-state index in [2.05, 4.69) is 18.1 Å². The van der Waals surface area contributed by atoms with Gasteiger partial charge in [-0.3, -0.25) is 4.52 Å². The van der Waals surface area contributed by atoms with Gasteiger partial charge in [0.15, 0.2) is 6.10 Å². The normalized spacial score (nSPS) is 31.2. The molecule has 1 aliphatic rings. The first-order chi connectivity index (χ1) is 13.5. The van der Waals surface area contributed by atoms with Crippen molar-refractivity contribution in [3.05, 3.63) is 22.7 Å². The molecule has 0 spiro atoms. The van der Waals surface area contributed by atoms with Gasteiger partial charge in [0.25, 0.3) is 0 Å². The Morgan fingerprint density at radius 3 is 2.33 bits per heavy atom. The summed E-state index contributed by atoms with van der Waals surface area (Å²) in [5.41, 5.74) is 3.93. The Balaban J connectivity index is 2.12. The van der Waals surface area contributed by atoms with Gasteiger partial charge in [-0.1, -0.05) is 0 Å². The van der Waals surface area contributed by atoms with Gasteiger partial charge in [-0.15, -0.1) is 0 Å². The van der Waals surface area contributed by atoms with E-state index in [1.165, 1.54) is 0 Å². The first-order valence-corrected chi connectivity index (χ1v) is 11.8. The molecule has 1 aromatic heterocycles. The zero-order valence-electron chi connectivity index (χ0n) is 14.2. The number of nitrogens with two attached hydrogens (primary N) is 1. The van der Waals surface area contributed by atoms with Crippen LogP contribution in [0.4, 0.5) is 10.2 Å². The van der Waals surface area contributed by atoms with E-state index in [-0.39, 0.29) is 10.4 Å². The lowest BCUT2D eigenvalue weighted by molar-refractivity contribution is -0.239. The SMILES string of the molecule is Nc1ccn([C@]2(F)O[C@H](COP(=O)(O)OP(=O)(O)OP(=O)(O)O)[C@@H](O)[C@H]2O)c(=O)n1. The molecule has 30 heavy (non-hydrogen) atoms. The van der Waals surface area contributed by atoms with Crippen molar-refractivity contribution in [2.24, 2.45) is 0 Å². The highest BCUT2D eigenvalue weighted by Gasteiger charge is 2.58. The summed E-state index contributed by atoms with van der Waals surface area (Å²) in [6.07, 6.45) is -5.80. The highest BCUT2D eigenvalue weighted by atomic mass is 31.3. The standard InChI is InChI=1S/C9H15FN3O14P3/c10-9(13-2-1-5(11)12-8(13)16)7(15)6(14)4(25-9)3-24-29(20,21)27-30(22,23)26-28(17,18)19/h1-2,4,6-7,14-15H,3H2,(H,20,21)(H,22,23)(H2,11,12,16)(H2,17,18,19)/t4-,6-,7-,9+/m1/s1. The van der Waals surface area contributed by atoms with E-state index in [9.17, 15) is 33.6 Å². The van der Waals surface area contributed by atoms with Gasteiger partial charge in [0.2, 0.25) is 0 Å². The molecule has 0 aliphatic carbocycles. The van der Waals surface area contributed by atoms with Crippen molar-refractivity contribution >= 4 is 29.3 Å². The summed E-state index contributed by atoms with van der Waals surface area (Å²) in [5, 5.41) is 19.8. The van der Waals surface area contributed by atoms with Gasteiger partial charge in [-0.2, -0.15) is 18.0 Å². The monoisotopic (exact) mass is 501 g/mol. The van der Waals surface area contributed by atoms with Crippen molar-refractivity contribution in [1.82, 2.24) is 9.55 Å². The van der Waals surface area contributed by atoms with Gasteiger partial charge >= 0.3 is 35.1 Å². The average molecular weight is 501 g/mol. The molecule has 2 rings (SSSR count). The van der Waals surface area contributed by atoms with Crippen molar-refractivity contribution in [2.75, 3.05) is 12.3 Å². The summed E-state index contributed by atoms with van der Waals surface area (Å²) in [6.45, 7) is -1.27. The van der Waals surface area contributed by atoms with E-state index < -0.39 is 60.1 Å². The van der Waals surface area contributed by atoms with Crippen molar-refractivity contribution < 1.29 is 65.8 Å². The van der Waals surface area contributed by atoms with Gasteiger partial charge in [-0.05, 0) is 6.07 Å². The van der Waals surface area contributed by atoms with Gasteiger partial charge in [-0.25, -0.2) is 23.1 Å². The number of ether oxygens (including phenoxy) is 1. The Hall–Kier alpha value is -1.10. The summed E-state index contributed by atoms with van der Waals surface area (Å²) in [6, 6.07) is 0.963. The number of halogens is 1. The third-order valence-corrected chi connectivity index (χ3v) is 7.16. The summed E-state index contributed by atoms with van der Waals surface area (Å²) >= 11 is 0. The van der Waals surface area contributed by atoms with Crippen LogP contribution >= 0.6 is 23.5 Å². The molecule has 21 heteroatoms. The van der Waals surface area contributed by atoms with Crippen molar-refractivity contribution in [2.45, 2.75) is 24.3 Å². The maximum atomic E-state index is 15.0. The van der Waals surface area contributed by atoms with E-state index in [1.807, 2.05) is 0 Å². The van der Waals surface area contributed by atoms with Gasteiger partial charge in [0.1, 0.15) is 18.0 Å². The summed E-state index contributed by atoms with van der Waals surface area (Å²) in [7, 11) is -17.0. The van der Waals surface area contributed by atoms with E-state index in [0.717, 1.165) is 12.3 Å². The second kappa shape index (κ2) is 8.44. The maximum absolute atomic E-state index is 15.0. The van der Waals surface area contributed by atoms with Crippen LogP contribution in [0.15, 0.2) is 17.1 Å². The smallest absolute Gasteiger partial charge is 0.387 e. The number of aliphatic hydroxyl groups is 2. The largest absolute Gasteiger partial charge is 0.490 e. The van der Waals surface area contributed by atoms with Crippen LogP contribution in [-0.4, -0.2) is 64.3 Å². The number of phosphoric ester groups is 1. The number of alkyl halides is 1. The number of hydrogen-bond donors (Lipinski definition) is 7. The number of hydrogen-bond acceptors (Lipinski definition) is 12. The number of phosphoric acid groups is 3. The highest BCUT2D eigenvalue weighted by Crippen LogP contribution is 2.66. The summed E-state index contributed by atoms with van der Waals surface area (Å²) in [5.74, 6) is -3.71. The van der Waals surface area contributed by atoms with Gasteiger partial charge in [0.05, 0.1) is 6.61 Å². The molecule has 0 amide bonds. The van der Waals surface area contributed by atoms with Crippen LogP contribution in [0, 0.1) is 0 Å². The van der Waals surface area contributed by atoms with Gasteiger partial charge in [0, 0.05) is 6.20 Å². The van der Waals surface area contributed by atoms with E-state index in [1.54, 1.807) is 0 Å². The van der Waals surface area contributed by atoms with Crippen molar-refractivity contribution in [1.29, 1.82) is 0 Å². The molecule has 0 radical (unpaired) electrons. The van der Waals surface area contributed by atoms with E-state index in [0.29, 0.717) is 0 Å². The molecule has 172 valence electrons. The lowest BCUT2D eigenvalue weighted by atomic mass is 10.1. The third kappa shape index (κ3) is 5.99. The molecule has 2 heterocycles. The maximum Gasteiger partial charge on any atom is 0.490 e. The van der Waals surface area contributed by atoms with Crippen LogP contribution in [0.5, 0.6) is 0 Å². The fourth-order valence-electron chi connectivity index (χ4n) is 2.22. The molecule has 1 aliphatic heterocycles.